The summed E-state index contributed by atoms with van der Waals surface area (Å²) in [6.45, 7) is 10.5. The van der Waals surface area contributed by atoms with Crippen LogP contribution in [0.2, 0.25) is 0 Å². The molecule has 0 radical (unpaired) electrons. The van der Waals surface area contributed by atoms with Gasteiger partial charge in [0.25, 0.3) is 0 Å². The average Bonchev–Trinajstić information content (AvgIpc) is 1.87. The van der Waals surface area contributed by atoms with Gasteiger partial charge in [-0.15, -0.1) is 6.58 Å². The molecule has 0 aliphatic carbocycles. The summed E-state index contributed by atoms with van der Waals surface area (Å²) >= 11 is 0. The standard InChI is InChI=1S/C9H19N/c1-5-10(4)8-6-7-9(2)3/h2,5-8H2,1,3-4H3. The molecule has 0 aromatic rings. The maximum Gasteiger partial charge on any atom is -0.00189 e. The van der Waals surface area contributed by atoms with Gasteiger partial charge in [0.05, 0.1) is 0 Å². The monoisotopic (exact) mass is 141 g/mol. The largest absolute Gasteiger partial charge is 0.307 e. The summed E-state index contributed by atoms with van der Waals surface area (Å²) in [5, 5.41) is 0. The van der Waals surface area contributed by atoms with Crippen LogP contribution in [0.3, 0.4) is 0 Å². The molecule has 0 heterocycles. The molecule has 0 amide bonds. The van der Waals surface area contributed by atoms with E-state index >= 15 is 0 Å². The van der Waals surface area contributed by atoms with Crippen LogP contribution < -0.4 is 0 Å². The molecule has 0 saturated carbocycles. The SMILES string of the molecule is C=C(C)CCCN(C)CC. The Kier molecular flexibility index (Phi) is 5.32. The van der Waals surface area contributed by atoms with Crippen molar-refractivity contribution in [3.63, 3.8) is 0 Å². The number of nitrogens with zero attached hydrogens (tertiary/aromatic N) is 1. The van der Waals surface area contributed by atoms with Crippen molar-refractivity contribution in [2.24, 2.45) is 0 Å². The third-order valence-corrected chi connectivity index (χ3v) is 1.68. The van der Waals surface area contributed by atoms with E-state index in [0.717, 1.165) is 6.54 Å². The van der Waals surface area contributed by atoms with Gasteiger partial charge in [0.1, 0.15) is 0 Å². The van der Waals surface area contributed by atoms with Crippen molar-refractivity contribution in [2.75, 3.05) is 20.1 Å². The summed E-state index contributed by atoms with van der Waals surface area (Å²) in [5.41, 5.74) is 1.30. The summed E-state index contributed by atoms with van der Waals surface area (Å²) < 4.78 is 0. The first-order valence-electron chi connectivity index (χ1n) is 3.99. The van der Waals surface area contributed by atoms with Crippen molar-refractivity contribution in [1.29, 1.82) is 0 Å². The van der Waals surface area contributed by atoms with Gasteiger partial charge in [-0.25, -0.2) is 0 Å². The summed E-state index contributed by atoms with van der Waals surface area (Å²) in [4.78, 5) is 2.32. The Balaban J connectivity index is 3.11. The van der Waals surface area contributed by atoms with Gasteiger partial charge in [-0.1, -0.05) is 12.5 Å². The fraction of sp³-hybridized carbons (Fsp3) is 0.778. The Morgan fingerprint density at radius 1 is 1.50 bits per heavy atom. The van der Waals surface area contributed by atoms with Crippen LogP contribution in [0.4, 0.5) is 0 Å². The van der Waals surface area contributed by atoms with Gasteiger partial charge in [0.2, 0.25) is 0 Å². The number of hydrogen-bond donors (Lipinski definition) is 0. The quantitative estimate of drug-likeness (QED) is 0.531. The van der Waals surface area contributed by atoms with Crippen LogP contribution in [-0.2, 0) is 0 Å². The predicted molar refractivity (Wildman–Crippen MR) is 47.2 cm³/mol. The first-order valence-corrected chi connectivity index (χ1v) is 3.99. The molecular formula is C9H19N. The van der Waals surface area contributed by atoms with Crippen LogP contribution in [0, 0.1) is 0 Å². The first kappa shape index (κ1) is 9.70. The Bertz CT molecular complexity index is 96.9. The highest BCUT2D eigenvalue weighted by atomic mass is 15.1. The van der Waals surface area contributed by atoms with Crippen molar-refractivity contribution in [1.82, 2.24) is 4.90 Å². The molecule has 60 valence electrons. The summed E-state index contributed by atoms with van der Waals surface area (Å²) in [6, 6.07) is 0. The molecule has 1 nitrogen and oxygen atoms in total. The lowest BCUT2D eigenvalue weighted by atomic mass is 10.2. The summed E-state index contributed by atoms with van der Waals surface area (Å²) in [6.07, 6.45) is 2.42. The Morgan fingerprint density at radius 2 is 2.10 bits per heavy atom. The lowest BCUT2D eigenvalue weighted by molar-refractivity contribution is 0.347. The van der Waals surface area contributed by atoms with Crippen LogP contribution >= 0.6 is 0 Å². The van der Waals surface area contributed by atoms with E-state index in [2.05, 4.69) is 32.4 Å². The molecule has 0 fully saturated rings. The summed E-state index contributed by atoms with van der Waals surface area (Å²) in [5.74, 6) is 0. The Morgan fingerprint density at radius 3 is 2.50 bits per heavy atom. The summed E-state index contributed by atoms with van der Waals surface area (Å²) in [7, 11) is 2.15. The topological polar surface area (TPSA) is 3.24 Å². The van der Waals surface area contributed by atoms with Gasteiger partial charge in [-0.05, 0) is 39.9 Å². The first-order chi connectivity index (χ1) is 4.66. The van der Waals surface area contributed by atoms with E-state index in [1.807, 2.05) is 0 Å². The molecule has 10 heavy (non-hydrogen) atoms. The third kappa shape index (κ3) is 5.83. The zero-order valence-electron chi connectivity index (χ0n) is 7.48. The van der Waals surface area contributed by atoms with E-state index in [9.17, 15) is 0 Å². The van der Waals surface area contributed by atoms with Crippen LogP contribution in [0.5, 0.6) is 0 Å². The molecule has 0 aliphatic rings. The maximum atomic E-state index is 3.86. The van der Waals surface area contributed by atoms with Gasteiger partial charge in [0.15, 0.2) is 0 Å². The molecule has 0 spiro atoms. The molecule has 0 bridgehead atoms. The number of allylic oxidation sites excluding steroid dienone is 1. The van der Waals surface area contributed by atoms with E-state index in [4.69, 9.17) is 0 Å². The minimum Gasteiger partial charge on any atom is -0.307 e. The molecule has 0 aliphatic heterocycles. The minimum absolute atomic E-state index is 1.15. The van der Waals surface area contributed by atoms with Crippen molar-refractivity contribution >= 4 is 0 Å². The molecule has 0 rings (SSSR count). The Labute approximate surface area is 64.7 Å². The molecule has 0 atom stereocenters. The van der Waals surface area contributed by atoms with Gasteiger partial charge >= 0.3 is 0 Å². The highest BCUT2D eigenvalue weighted by Crippen LogP contribution is 2.00. The lowest BCUT2D eigenvalue weighted by Crippen LogP contribution is -2.18. The molecule has 1 heteroatoms. The van der Waals surface area contributed by atoms with Crippen LogP contribution in [0.1, 0.15) is 26.7 Å². The van der Waals surface area contributed by atoms with Crippen molar-refractivity contribution in [3.05, 3.63) is 12.2 Å². The lowest BCUT2D eigenvalue weighted by Gasteiger charge is -2.12. The normalized spacial score (nSPS) is 10.4. The maximum absolute atomic E-state index is 3.86. The van der Waals surface area contributed by atoms with E-state index in [-0.39, 0.29) is 0 Å². The van der Waals surface area contributed by atoms with E-state index < -0.39 is 0 Å². The molecule has 0 unspecified atom stereocenters. The van der Waals surface area contributed by atoms with Crippen molar-refractivity contribution < 1.29 is 0 Å². The van der Waals surface area contributed by atoms with E-state index in [1.54, 1.807) is 0 Å². The van der Waals surface area contributed by atoms with Crippen LogP contribution in [0.25, 0.3) is 0 Å². The fourth-order valence-electron chi connectivity index (χ4n) is 0.809. The van der Waals surface area contributed by atoms with E-state index in [0.29, 0.717) is 0 Å². The second-order valence-electron chi connectivity index (χ2n) is 2.96. The van der Waals surface area contributed by atoms with Gasteiger partial charge < -0.3 is 4.90 Å². The van der Waals surface area contributed by atoms with E-state index in [1.165, 1.54) is 25.0 Å². The molecule has 0 saturated heterocycles. The highest BCUT2D eigenvalue weighted by Gasteiger charge is 1.92. The molecule has 0 aromatic carbocycles. The predicted octanol–water partition coefficient (Wildman–Crippen LogP) is 2.29. The highest BCUT2D eigenvalue weighted by molar-refractivity contribution is 4.87. The van der Waals surface area contributed by atoms with Crippen LogP contribution in [0.15, 0.2) is 12.2 Å². The minimum atomic E-state index is 1.15. The Hall–Kier alpha value is -0.300. The van der Waals surface area contributed by atoms with Gasteiger partial charge in [-0.3, -0.25) is 0 Å². The number of rotatable bonds is 5. The van der Waals surface area contributed by atoms with Gasteiger partial charge in [0, 0.05) is 0 Å². The molecular weight excluding hydrogens is 122 g/mol. The average molecular weight is 141 g/mol. The second kappa shape index (κ2) is 5.48. The smallest absolute Gasteiger partial charge is 0.00189 e. The zero-order chi connectivity index (χ0) is 7.98. The van der Waals surface area contributed by atoms with Crippen LogP contribution in [-0.4, -0.2) is 25.0 Å². The molecule has 0 N–H and O–H groups in total. The zero-order valence-corrected chi connectivity index (χ0v) is 7.48. The number of hydrogen-bond acceptors (Lipinski definition) is 1. The fourth-order valence-corrected chi connectivity index (χ4v) is 0.809. The van der Waals surface area contributed by atoms with Crippen molar-refractivity contribution in [3.8, 4) is 0 Å². The van der Waals surface area contributed by atoms with Crippen molar-refractivity contribution in [2.45, 2.75) is 26.7 Å². The molecule has 0 aromatic heterocycles. The second-order valence-corrected chi connectivity index (χ2v) is 2.96. The third-order valence-electron chi connectivity index (χ3n) is 1.68. The van der Waals surface area contributed by atoms with Gasteiger partial charge in [-0.2, -0.15) is 0 Å².